The fraction of sp³-hybridized carbons (Fsp3) is 0.444. The Morgan fingerprint density at radius 3 is 2.69 bits per heavy atom. The smallest absolute Gasteiger partial charge is 0.325 e. The second-order valence-electron chi connectivity index (χ2n) is 3.36. The number of thiazole rings is 1. The molecule has 0 bridgehead atoms. The fourth-order valence-electron chi connectivity index (χ4n) is 1.09. The Kier molecular flexibility index (Phi) is 3.83. The molecule has 88 valence electrons. The molecule has 16 heavy (non-hydrogen) atoms. The number of nitrogens with one attached hydrogen (secondary N) is 1. The van der Waals surface area contributed by atoms with E-state index >= 15 is 0 Å². The summed E-state index contributed by atoms with van der Waals surface area (Å²) in [6, 6.07) is -0.956. The second-order valence-corrected chi connectivity index (χ2v) is 4.18. The number of rotatable bonds is 4. The number of carbonyl (C=O) groups excluding carboxylic acids is 1. The van der Waals surface area contributed by atoms with Gasteiger partial charge in [0.25, 0.3) is 0 Å². The van der Waals surface area contributed by atoms with E-state index in [-0.39, 0.29) is 11.4 Å². The standard InChI is InChI=1S/C9H12N2O4S/c1-5-4-16-9(15)11(5)3-7(12)10-6(2)8(13)14/h4,6H,3H2,1-2H3,(H,10,12)(H,13,14)/t6-/m1/s1. The summed E-state index contributed by atoms with van der Waals surface area (Å²) in [6.45, 7) is 2.93. The van der Waals surface area contributed by atoms with Gasteiger partial charge in [-0.1, -0.05) is 11.3 Å². The molecule has 6 nitrogen and oxygen atoms in total. The van der Waals surface area contributed by atoms with Crippen molar-refractivity contribution in [3.63, 3.8) is 0 Å². The van der Waals surface area contributed by atoms with Gasteiger partial charge in [0.15, 0.2) is 0 Å². The SMILES string of the molecule is Cc1csc(=O)n1CC(=O)N[C@H](C)C(=O)O. The van der Waals surface area contributed by atoms with Crippen molar-refractivity contribution >= 4 is 23.2 Å². The molecule has 0 aliphatic carbocycles. The molecular weight excluding hydrogens is 232 g/mol. The van der Waals surface area contributed by atoms with E-state index in [0.29, 0.717) is 5.69 Å². The van der Waals surface area contributed by atoms with E-state index in [1.54, 1.807) is 12.3 Å². The molecule has 1 aromatic rings. The lowest BCUT2D eigenvalue weighted by atomic mass is 10.3. The van der Waals surface area contributed by atoms with Gasteiger partial charge in [-0.2, -0.15) is 0 Å². The normalized spacial score (nSPS) is 12.1. The molecule has 0 fully saturated rings. The summed E-state index contributed by atoms with van der Waals surface area (Å²) in [6.07, 6.45) is 0. The minimum Gasteiger partial charge on any atom is -0.480 e. The summed E-state index contributed by atoms with van der Waals surface area (Å²) in [5, 5.41) is 12.5. The van der Waals surface area contributed by atoms with Crippen LogP contribution < -0.4 is 10.2 Å². The van der Waals surface area contributed by atoms with E-state index in [9.17, 15) is 14.4 Å². The number of hydrogen-bond acceptors (Lipinski definition) is 4. The highest BCUT2D eigenvalue weighted by atomic mass is 32.1. The summed E-state index contributed by atoms with van der Waals surface area (Å²) in [7, 11) is 0. The summed E-state index contributed by atoms with van der Waals surface area (Å²) >= 11 is 1.01. The van der Waals surface area contributed by atoms with Crippen LogP contribution in [0.3, 0.4) is 0 Å². The molecular formula is C9H12N2O4S. The third-order valence-corrected chi connectivity index (χ3v) is 2.91. The second kappa shape index (κ2) is 4.93. The highest BCUT2D eigenvalue weighted by Gasteiger charge is 2.15. The van der Waals surface area contributed by atoms with Crippen molar-refractivity contribution in [2.45, 2.75) is 26.4 Å². The maximum Gasteiger partial charge on any atom is 0.325 e. The van der Waals surface area contributed by atoms with Crippen molar-refractivity contribution < 1.29 is 14.7 Å². The number of carboxylic acid groups (broad SMARTS) is 1. The molecule has 0 saturated heterocycles. The zero-order valence-electron chi connectivity index (χ0n) is 8.89. The number of aromatic nitrogens is 1. The average molecular weight is 244 g/mol. The highest BCUT2D eigenvalue weighted by Crippen LogP contribution is 1.99. The molecule has 1 heterocycles. The molecule has 1 rings (SSSR count). The van der Waals surface area contributed by atoms with Crippen LogP contribution in [0, 0.1) is 6.92 Å². The van der Waals surface area contributed by atoms with Crippen molar-refractivity contribution in [1.82, 2.24) is 9.88 Å². The molecule has 0 aliphatic heterocycles. The molecule has 0 aromatic carbocycles. The van der Waals surface area contributed by atoms with Crippen LogP contribution >= 0.6 is 11.3 Å². The first-order chi connectivity index (χ1) is 7.41. The van der Waals surface area contributed by atoms with Gasteiger partial charge in [-0.25, -0.2) is 0 Å². The Hall–Kier alpha value is -1.63. The quantitative estimate of drug-likeness (QED) is 0.768. The van der Waals surface area contributed by atoms with E-state index in [4.69, 9.17) is 5.11 Å². The molecule has 1 aromatic heterocycles. The monoisotopic (exact) mass is 244 g/mol. The third kappa shape index (κ3) is 2.93. The van der Waals surface area contributed by atoms with Gasteiger partial charge >= 0.3 is 10.8 Å². The first kappa shape index (κ1) is 12.4. The van der Waals surface area contributed by atoms with Crippen molar-refractivity contribution in [2.24, 2.45) is 0 Å². The molecule has 0 aliphatic rings. The van der Waals surface area contributed by atoms with Crippen LogP contribution in [0.4, 0.5) is 0 Å². The molecule has 0 spiro atoms. The first-order valence-electron chi connectivity index (χ1n) is 4.59. The Labute approximate surface area is 95.5 Å². The van der Waals surface area contributed by atoms with E-state index in [1.807, 2.05) is 0 Å². The van der Waals surface area contributed by atoms with Crippen LogP contribution in [0.1, 0.15) is 12.6 Å². The van der Waals surface area contributed by atoms with E-state index in [0.717, 1.165) is 11.3 Å². The van der Waals surface area contributed by atoms with Gasteiger partial charge in [-0.15, -0.1) is 0 Å². The van der Waals surface area contributed by atoms with Crippen LogP contribution in [0.25, 0.3) is 0 Å². The van der Waals surface area contributed by atoms with Gasteiger partial charge in [0, 0.05) is 11.1 Å². The molecule has 0 unspecified atom stereocenters. The van der Waals surface area contributed by atoms with E-state index in [1.165, 1.54) is 11.5 Å². The van der Waals surface area contributed by atoms with Crippen LogP contribution in [-0.4, -0.2) is 27.6 Å². The zero-order valence-corrected chi connectivity index (χ0v) is 9.71. The molecule has 1 amide bonds. The van der Waals surface area contributed by atoms with Crippen molar-refractivity contribution in [2.75, 3.05) is 0 Å². The summed E-state index contributed by atoms with van der Waals surface area (Å²) < 4.78 is 1.30. The fourth-order valence-corrected chi connectivity index (χ4v) is 1.82. The Morgan fingerprint density at radius 2 is 2.25 bits per heavy atom. The lowest BCUT2D eigenvalue weighted by molar-refractivity contribution is -0.141. The summed E-state index contributed by atoms with van der Waals surface area (Å²) in [5.74, 6) is -1.60. The molecule has 7 heteroatoms. The molecule has 1 atom stereocenters. The van der Waals surface area contributed by atoms with Crippen LogP contribution in [0.15, 0.2) is 10.2 Å². The number of carbonyl (C=O) groups is 2. The number of amides is 1. The van der Waals surface area contributed by atoms with Gasteiger partial charge in [-0.3, -0.25) is 19.0 Å². The lowest BCUT2D eigenvalue weighted by Gasteiger charge is -2.09. The molecule has 0 radical (unpaired) electrons. The van der Waals surface area contributed by atoms with Crippen LogP contribution in [0.2, 0.25) is 0 Å². The topological polar surface area (TPSA) is 88.4 Å². The third-order valence-electron chi connectivity index (χ3n) is 2.03. The Morgan fingerprint density at radius 1 is 1.62 bits per heavy atom. The number of aryl methyl sites for hydroxylation is 1. The summed E-state index contributed by atoms with van der Waals surface area (Å²) in [5.41, 5.74) is 0.688. The molecule has 2 N–H and O–H groups in total. The van der Waals surface area contributed by atoms with Gasteiger partial charge in [0.2, 0.25) is 5.91 Å². The number of aliphatic carboxylic acids is 1. The van der Waals surface area contributed by atoms with Gasteiger partial charge in [0.05, 0.1) is 0 Å². The Balaban J connectivity index is 2.66. The highest BCUT2D eigenvalue weighted by molar-refractivity contribution is 7.07. The largest absolute Gasteiger partial charge is 0.480 e. The maximum atomic E-state index is 11.4. The first-order valence-corrected chi connectivity index (χ1v) is 5.47. The van der Waals surface area contributed by atoms with Gasteiger partial charge in [0.1, 0.15) is 12.6 Å². The lowest BCUT2D eigenvalue weighted by Crippen LogP contribution is -2.41. The zero-order chi connectivity index (χ0) is 12.3. The number of hydrogen-bond donors (Lipinski definition) is 2. The number of nitrogens with zero attached hydrogens (tertiary/aromatic N) is 1. The average Bonchev–Trinajstić information content (AvgIpc) is 2.49. The van der Waals surface area contributed by atoms with Crippen molar-refractivity contribution in [3.05, 3.63) is 20.7 Å². The van der Waals surface area contributed by atoms with Crippen molar-refractivity contribution in [1.29, 1.82) is 0 Å². The minimum absolute atomic E-state index is 0.147. The van der Waals surface area contributed by atoms with Gasteiger partial charge < -0.3 is 10.4 Å². The number of carboxylic acids is 1. The predicted molar refractivity (Wildman–Crippen MR) is 58.6 cm³/mol. The Bertz CT molecular complexity index is 462. The predicted octanol–water partition coefficient (Wildman–Crippen LogP) is -0.192. The molecule has 0 saturated carbocycles. The van der Waals surface area contributed by atoms with Crippen LogP contribution in [0.5, 0.6) is 0 Å². The minimum atomic E-state index is -1.11. The van der Waals surface area contributed by atoms with Crippen LogP contribution in [-0.2, 0) is 16.1 Å². The van der Waals surface area contributed by atoms with Gasteiger partial charge in [-0.05, 0) is 13.8 Å². The van der Waals surface area contributed by atoms with E-state index in [2.05, 4.69) is 5.32 Å². The maximum absolute atomic E-state index is 11.4. The van der Waals surface area contributed by atoms with Crippen molar-refractivity contribution in [3.8, 4) is 0 Å². The van der Waals surface area contributed by atoms with E-state index < -0.39 is 17.9 Å². The summed E-state index contributed by atoms with van der Waals surface area (Å²) in [4.78, 5) is 32.9.